The second-order valence-electron chi connectivity index (χ2n) is 4.68. The Morgan fingerprint density at radius 2 is 2.15 bits per heavy atom. The highest BCUT2D eigenvalue weighted by Crippen LogP contribution is 2.30. The zero-order chi connectivity index (χ0) is 14.4. The van der Waals surface area contributed by atoms with Crippen LogP contribution in [-0.2, 0) is 6.42 Å². The van der Waals surface area contributed by atoms with E-state index >= 15 is 0 Å². The number of thiophene rings is 1. The first-order chi connectivity index (χ1) is 9.74. The van der Waals surface area contributed by atoms with E-state index in [2.05, 4.69) is 70.1 Å². The Morgan fingerprint density at radius 1 is 1.35 bits per heavy atom. The van der Waals surface area contributed by atoms with Gasteiger partial charge in [-0.25, -0.2) is 0 Å². The first kappa shape index (κ1) is 16.1. The molecule has 0 aliphatic rings. The maximum atomic E-state index is 3.70. The van der Waals surface area contributed by atoms with E-state index in [4.69, 9.17) is 0 Å². The van der Waals surface area contributed by atoms with Crippen molar-refractivity contribution < 1.29 is 0 Å². The van der Waals surface area contributed by atoms with E-state index < -0.39 is 0 Å². The summed E-state index contributed by atoms with van der Waals surface area (Å²) in [6, 6.07) is 11.3. The molecule has 2 aromatic rings. The Balaban J connectivity index is 2.22. The van der Waals surface area contributed by atoms with Crippen molar-refractivity contribution in [2.75, 3.05) is 12.8 Å². The fraction of sp³-hybridized carbons (Fsp3) is 0.375. The molecule has 2 rings (SSSR count). The Labute approximate surface area is 138 Å². The van der Waals surface area contributed by atoms with Gasteiger partial charge in [-0.05, 0) is 52.8 Å². The highest BCUT2D eigenvalue weighted by atomic mass is 79.9. The summed E-state index contributed by atoms with van der Waals surface area (Å²) in [6.07, 6.45) is 4.36. The number of halogens is 1. The zero-order valence-electron chi connectivity index (χ0n) is 11.9. The van der Waals surface area contributed by atoms with E-state index in [1.165, 1.54) is 19.8 Å². The van der Waals surface area contributed by atoms with Crippen LogP contribution < -0.4 is 5.32 Å². The largest absolute Gasteiger partial charge is 0.310 e. The molecule has 0 amide bonds. The quantitative estimate of drug-likeness (QED) is 0.645. The lowest BCUT2D eigenvalue weighted by atomic mass is 10.0. The van der Waals surface area contributed by atoms with Gasteiger partial charge in [-0.1, -0.05) is 25.1 Å². The van der Waals surface area contributed by atoms with E-state index in [0.717, 1.165) is 19.4 Å². The van der Waals surface area contributed by atoms with Crippen LogP contribution in [0.4, 0.5) is 0 Å². The van der Waals surface area contributed by atoms with Gasteiger partial charge in [0.25, 0.3) is 0 Å². The van der Waals surface area contributed by atoms with E-state index in [1.54, 1.807) is 0 Å². The topological polar surface area (TPSA) is 12.0 Å². The molecule has 1 aromatic heterocycles. The van der Waals surface area contributed by atoms with Crippen molar-refractivity contribution in [3.63, 3.8) is 0 Å². The highest BCUT2D eigenvalue weighted by Gasteiger charge is 2.15. The molecule has 108 valence electrons. The standard InChI is InChI=1S/C16H20BrNS2/c1-3-8-18-15(10-13-9-12(17)11-20-13)14-6-4-5-7-16(14)19-2/h4-7,9,11,15,18H,3,8,10H2,1-2H3. The lowest BCUT2D eigenvalue weighted by molar-refractivity contribution is 0.525. The third-order valence-corrected chi connectivity index (χ3v) is 5.71. The van der Waals surface area contributed by atoms with Crippen molar-refractivity contribution in [1.82, 2.24) is 5.32 Å². The minimum atomic E-state index is 0.393. The number of hydrogen-bond donors (Lipinski definition) is 1. The Kier molecular flexibility index (Phi) is 6.62. The van der Waals surface area contributed by atoms with Crippen LogP contribution in [0.15, 0.2) is 45.1 Å². The first-order valence-electron chi connectivity index (χ1n) is 6.83. The summed E-state index contributed by atoms with van der Waals surface area (Å²) in [4.78, 5) is 2.79. The van der Waals surface area contributed by atoms with Crippen molar-refractivity contribution in [3.05, 3.63) is 50.6 Å². The van der Waals surface area contributed by atoms with Gasteiger partial charge < -0.3 is 5.32 Å². The summed E-state index contributed by atoms with van der Waals surface area (Å²) < 4.78 is 1.19. The van der Waals surface area contributed by atoms with Crippen molar-refractivity contribution >= 4 is 39.0 Å². The Bertz CT molecular complexity index is 539. The molecule has 0 saturated heterocycles. The smallest absolute Gasteiger partial charge is 0.0379 e. The van der Waals surface area contributed by atoms with Gasteiger partial charge in [0.1, 0.15) is 0 Å². The number of rotatable bonds is 7. The number of thioether (sulfide) groups is 1. The van der Waals surface area contributed by atoms with Crippen molar-refractivity contribution in [1.29, 1.82) is 0 Å². The first-order valence-corrected chi connectivity index (χ1v) is 9.73. The van der Waals surface area contributed by atoms with E-state index in [0.29, 0.717) is 6.04 Å². The second kappa shape index (κ2) is 8.23. The van der Waals surface area contributed by atoms with Gasteiger partial charge in [-0.3, -0.25) is 0 Å². The minimum Gasteiger partial charge on any atom is -0.310 e. The normalized spacial score (nSPS) is 12.6. The van der Waals surface area contributed by atoms with E-state index in [1.807, 2.05) is 23.1 Å². The monoisotopic (exact) mass is 369 g/mol. The van der Waals surface area contributed by atoms with Crippen molar-refractivity contribution in [2.45, 2.75) is 30.7 Å². The Morgan fingerprint density at radius 3 is 2.80 bits per heavy atom. The predicted molar refractivity (Wildman–Crippen MR) is 95.0 cm³/mol. The summed E-state index contributed by atoms with van der Waals surface area (Å²) in [5, 5.41) is 5.86. The number of hydrogen-bond acceptors (Lipinski definition) is 3. The van der Waals surface area contributed by atoms with Gasteiger partial charge in [-0.15, -0.1) is 23.1 Å². The average Bonchev–Trinajstić information content (AvgIpc) is 2.88. The minimum absolute atomic E-state index is 0.393. The molecule has 20 heavy (non-hydrogen) atoms. The maximum Gasteiger partial charge on any atom is 0.0379 e. The molecule has 1 unspecified atom stereocenters. The third-order valence-electron chi connectivity index (χ3n) is 3.18. The van der Waals surface area contributed by atoms with Gasteiger partial charge in [0, 0.05) is 32.1 Å². The van der Waals surface area contributed by atoms with Crippen molar-refractivity contribution in [2.24, 2.45) is 0 Å². The van der Waals surface area contributed by atoms with Crippen LogP contribution in [0.2, 0.25) is 0 Å². The molecule has 1 nitrogen and oxygen atoms in total. The number of nitrogens with one attached hydrogen (secondary N) is 1. The molecule has 0 spiro atoms. The summed E-state index contributed by atoms with van der Waals surface area (Å²) in [6.45, 7) is 3.27. The molecule has 1 heterocycles. The zero-order valence-corrected chi connectivity index (χ0v) is 15.1. The molecule has 0 fully saturated rings. The number of benzene rings is 1. The summed E-state index contributed by atoms with van der Waals surface area (Å²) in [5.74, 6) is 0. The highest BCUT2D eigenvalue weighted by molar-refractivity contribution is 9.10. The molecule has 1 N–H and O–H groups in total. The predicted octanol–water partition coefficient (Wildman–Crippen LogP) is 5.52. The van der Waals surface area contributed by atoms with Crippen LogP contribution in [-0.4, -0.2) is 12.8 Å². The maximum absolute atomic E-state index is 3.70. The summed E-state index contributed by atoms with van der Waals surface area (Å²) in [5.41, 5.74) is 1.41. The van der Waals surface area contributed by atoms with Gasteiger partial charge in [0.2, 0.25) is 0 Å². The molecule has 0 aliphatic heterocycles. The molecule has 0 saturated carbocycles. The molecule has 1 atom stereocenters. The molecule has 1 aromatic carbocycles. The van der Waals surface area contributed by atoms with Crippen LogP contribution in [0, 0.1) is 0 Å². The van der Waals surface area contributed by atoms with Crippen LogP contribution in [0.1, 0.15) is 29.8 Å². The van der Waals surface area contributed by atoms with Gasteiger partial charge in [0.05, 0.1) is 0 Å². The lowest BCUT2D eigenvalue weighted by Crippen LogP contribution is -2.24. The van der Waals surface area contributed by atoms with Gasteiger partial charge >= 0.3 is 0 Å². The van der Waals surface area contributed by atoms with Crippen LogP contribution in [0.3, 0.4) is 0 Å². The third kappa shape index (κ3) is 4.35. The van der Waals surface area contributed by atoms with E-state index in [-0.39, 0.29) is 0 Å². The molecule has 0 bridgehead atoms. The van der Waals surface area contributed by atoms with Gasteiger partial charge in [-0.2, -0.15) is 0 Å². The SMILES string of the molecule is CCCNC(Cc1cc(Br)cs1)c1ccccc1SC. The Hall–Kier alpha value is -0.290. The average molecular weight is 370 g/mol. The van der Waals surface area contributed by atoms with Gasteiger partial charge in [0.15, 0.2) is 0 Å². The second-order valence-corrected chi connectivity index (χ2v) is 7.44. The fourth-order valence-corrected chi connectivity index (χ4v) is 4.39. The fourth-order valence-electron chi connectivity index (χ4n) is 2.23. The van der Waals surface area contributed by atoms with Crippen LogP contribution in [0.5, 0.6) is 0 Å². The van der Waals surface area contributed by atoms with E-state index in [9.17, 15) is 0 Å². The molecule has 4 heteroatoms. The molecular weight excluding hydrogens is 350 g/mol. The van der Waals surface area contributed by atoms with Crippen LogP contribution >= 0.6 is 39.0 Å². The van der Waals surface area contributed by atoms with Crippen molar-refractivity contribution in [3.8, 4) is 0 Å². The molecular formula is C16H20BrNS2. The van der Waals surface area contributed by atoms with Crippen LogP contribution in [0.25, 0.3) is 0 Å². The summed E-state index contributed by atoms with van der Waals surface area (Å²) in [7, 11) is 0. The molecule has 0 aliphatic carbocycles. The summed E-state index contributed by atoms with van der Waals surface area (Å²) >= 11 is 7.20. The lowest BCUT2D eigenvalue weighted by Gasteiger charge is -2.20. The molecule has 0 radical (unpaired) electrons.